The van der Waals surface area contributed by atoms with Crippen molar-refractivity contribution in [2.75, 3.05) is 7.11 Å². The largest absolute Gasteiger partial charge is 0.496 e. The maximum Gasteiger partial charge on any atom is 0.123 e. The second-order valence-corrected chi connectivity index (χ2v) is 7.72. The molecule has 1 aromatic carbocycles. The van der Waals surface area contributed by atoms with Gasteiger partial charge in [-0.15, -0.1) is 11.3 Å². The van der Waals surface area contributed by atoms with Gasteiger partial charge in [-0.25, -0.2) is 0 Å². The van der Waals surface area contributed by atoms with E-state index >= 15 is 0 Å². The lowest BCUT2D eigenvalue weighted by atomic mass is 10.1. The van der Waals surface area contributed by atoms with Crippen molar-refractivity contribution in [2.45, 2.75) is 4.83 Å². The second-order valence-electron chi connectivity index (χ2n) is 3.39. The molecule has 0 fully saturated rings. The van der Waals surface area contributed by atoms with Crippen LogP contribution in [0, 0.1) is 0 Å². The van der Waals surface area contributed by atoms with Crippen molar-refractivity contribution in [1.82, 2.24) is 0 Å². The second kappa shape index (κ2) is 5.87. The van der Waals surface area contributed by atoms with Crippen LogP contribution in [0.2, 0.25) is 0 Å². The van der Waals surface area contributed by atoms with Gasteiger partial charge in [0.2, 0.25) is 0 Å². The SMILES string of the molecule is COc1ccc(Br)cc1C(Br)c1ccc(Br)s1. The van der Waals surface area contributed by atoms with Crippen LogP contribution >= 0.6 is 59.1 Å². The molecule has 0 spiro atoms. The highest BCUT2D eigenvalue weighted by Gasteiger charge is 2.17. The Hall–Kier alpha value is 0.160. The van der Waals surface area contributed by atoms with E-state index in [-0.39, 0.29) is 4.83 Å². The third kappa shape index (κ3) is 3.13. The topological polar surface area (TPSA) is 9.23 Å². The van der Waals surface area contributed by atoms with E-state index in [1.54, 1.807) is 18.4 Å². The quantitative estimate of drug-likeness (QED) is 0.551. The fourth-order valence-electron chi connectivity index (χ4n) is 1.52. The Labute approximate surface area is 130 Å². The molecule has 2 rings (SSSR count). The molecule has 1 unspecified atom stereocenters. The van der Waals surface area contributed by atoms with Gasteiger partial charge in [-0.3, -0.25) is 0 Å². The molecule has 0 N–H and O–H groups in total. The Bertz CT molecular complexity index is 524. The molecule has 1 aromatic heterocycles. The molecule has 2 aromatic rings. The zero-order chi connectivity index (χ0) is 12.4. The Morgan fingerprint density at radius 1 is 1.18 bits per heavy atom. The number of thiophene rings is 1. The van der Waals surface area contributed by atoms with Crippen molar-refractivity contribution < 1.29 is 4.74 Å². The fourth-order valence-corrected chi connectivity index (χ4v) is 4.11. The van der Waals surface area contributed by atoms with Crippen molar-refractivity contribution in [3.8, 4) is 5.75 Å². The summed E-state index contributed by atoms with van der Waals surface area (Å²) in [6, 6.07) is 10.2. The molecule has 0 saturated carbocycles. The highest BCUT2D eigenvalue weighted by Crippen LogP contribution is 2.41. The normalized spacial score (nSPS) is 12.5. The number of halogens is 3. The first kappa shape index (κ1) is 13.6. The van der Waals surface area contributed by atoms with Crippen molar-refractivity contribution in [3.63, 3.8) is 0 Å². The number of methoxy groups -OCH3 is 1. The summed E-state index contributed by atoms with van der Waals surface area (Å²) in [6.45, 7) is 0. The van der Waals surface area contributed by atoms with E-state index < -0.39 is 0 Å². The molecule has 1 atom stereocenters. The average Bonchev–Trinajstić information content (AvgIpc) is 2.75. The van der Waals surface area contributed by atoms with E-state index in [4.69, 9.17) is 4.74 Å². The zero-order valence-electron chi connectivity index (χ0n) is 8.91. The minimum absolute atomic E-state index is 0.145. The molecule has 0 aliphatic rings. The predicted molar refractivity (Wildman–Crippen MR) is 83.5 cm³/mol. The number of alkyl halides is 1. The standard InChI is InChI=1S/C12H9Br3OS/c1-16-9-3-2-7(13)6-8(9)12(15)10-4-5-11(14)17-10/h2-6,12H,1H3. The van der Waals surface area contributed by atoms with E-state index in [1.807, 2.05) is 12.1 Å². The molecule has 0 saturated heterocycles. The van der Waals surface area contributed by atoms with Crippen LogP contribution in [0.1, 0.15) is 15.3 Å². The fraction of sp³-hybridized carbons (Fsp3) is 0.167. The lowest BCUT2D eigenvalue weighted by molar-refractivity contribution is 0.410. The molecular weight excluding hydrogens is 432 g/mol. The Morgan fingerprint density at radius 3 is 2.53 bits per heavy atom. The number of ether oxygens (including phenoxy) is 1. The van der Waals surface area contributed by atoms with Crippen LogP contribution in [-0.4, -0.2) is 7.11 Å². The predicted octanol–water partition coefficient (Wildman–Crippen LogP) is 5.77. The van der Waals surface area contributed by atoms with E-state index in [0.29, 0.717) is 0 Å². The number of rotatable bonds is 3. The zero-order valence-corrected chi connectivity index (χ0v) is 14.5. The summed E-state index contributed by atoms with van der Waals surface area (Å²) >= 11 is 12.4. The van der Waals surface area contributed by atoms with Crippen molar-refractivity contribution in [3.05, 3.63) is 49.0 Å². The monoisotopic (exact) mass is 438 g/mol. The van der Waals surface area contributed by atoms with Gasteiger partial charge < -0.3 is 4.74 Å². The van der Waals surface area contributed by atoms with Crippen molar-refractivity contribution >= 4 is 59.1 Å². The summed E-state index contributed by atoms with van der Waals surface area (Å²) in [5.74, 6) is 0.889. The summed E-state index contributed by atoms with van der Waals surface area (Å²) in [4.78, 5) is 1.39. The molecule has 0 aliphatic carbocycles. The molecule has 0 aliphatic heterocycles. The van der Waals surface area contributed by atoms with Crippen LogP contribution in [0.15, 0.2) is 38.6 Å². The van der Waals surface area contributed by atoms with Gasteiger partial charge in [0, 0.05) is 14.9 Å². The van der Waals surface area contributed by atoms with Crippen molar-refractivity contribution in [1.29, 1.82) is 0 Å². The lowest BCUT2D eigenvalue weighted by Crippen LogP contribution is -1.95. The summed E-state index contributed by atoms with van der Waals surface area (Å²) in [5, 5.41) is 0. The molecular formula is C12H9Br3OS. The van der Waals surface area contributed by atoms with Gasteiger partial charge in [0.15, 0.2) is 0 Å². The summed E-state index contributed by atoms with van der Waals surface area (Å²) in [5.41, 5.74) is 1.12. The molecule has 0 radical (unpaired) electrons. The van der Waals surface area contributed by atoms with Gasteiger partial charge in [-0.05, 0) is 46.3 Å². The van der Waals surface area contributed by atoms with Crippen LogP contribution < -0.4 is 4.74 Å². The maximum absolute atomic E-state index is 5.39. The minimum atomic E-state index is 0.145. The number of hydrogen-bond acceptors (Lipinski definition) is 2. The summed E-state index contributed by atoms with van der Waals surface area (Å²) < 4.78 is 7.57. The molecule has 5 heteroatoms. The van der Waals surface area contributed by atoms with Gasteiger partial charge in [-0.2, -0.15) is 0 Å². The van der Waals surface area contributed by atoms with Crippen LogP contribution in [0.5, 0.6) is 5.75 Å². The average molecular weight is 441 g/mol. The highest BCUT2D eigenvalue weighted by molar-refractivity contribution is 9.11. The lowest BCUT2D eigenvalue weighted by Gasteiger charge is -2.13. The first-order valence-electron chi connectivity index (χ1n) is 4.84. The Morgan fingerprint density at radius 2 is 1.94 bits per heavy atom. The molecule has 1 nitrogen and oxygen atoms in total. The summed E-state index contributed by atoms with van der Waals surface area (Å²) in [7, 11) is 1.69. The number of hydrogen-bond donors (Lipinski definition) is 0. The Kier molecular flexibility index (Phi) is 4.69. The van der Waals surface area contributed by atoms with E-state index in [2.05, 4.69) is 66.0 Å². The molecule has 0 amide bonds. The van der Waals surface area contributed by atoms with E-state index in [1.165, 1.54) is 4.88 Å². The van der Waals surface area contributed by atoms with E-state index in [0.717, 1.165) is 19.6 Å². The van der Waals surface area contributed by atoms with Crippen LogP contribution in [0.3, 0.4) is 0 Å². The smallest absolute Gasteiger partial charge is 0.123 e. The van der Waals surface area contributed by atoms with Crippen LogP contribution in [0.25, 0.3) is 0 Å². The highest BCUT2D eigenvalue weighted by atomic mass is 79.9. The first-order valence-corrected chi connectivity index (χ1v) is 8.16. The summed E-state index contributed by atoms with van der Waals surface area (Å²) in [6.07, 6.45) is 0. The van der Waals surface area contributed by atoms with Gasteiger partial charge in [0.1, 0.15) is 5.75 Å². The van der Waals surface area contributed by atoms with E-state index in [9.17, 15) is 0 Å². The molecule has 17 heavy (non-hydrogen) atoms. The van der Waals surface area contributed by atoms with Gasteiger partial charge >= 0.3 is 0 Å². The number of benzene rings is 1. The van der Waals surface area contributed by atoms with Gasteiger partial charge in [0.25, 0.3) is 0 Å². The first-order chi connectivity index (χ1) is 8.11. The minimum Gasteiger partial charge on any atom is -0.496 e. The molecule has 1 heterocycles. The third-order valence-electron chi connectivity index (χ3n) is 2.31. The third-order valence-corrected chi connectivity index (χ3v) is 5.78. The van der Waals surface area contributed by atoms with Crippen LogP contribution in [-0.2, 0) is 0 Å². The molecule has 90 valence electrons. The van der Waals surface area contributed by atoms with Crippen LogP contribution in [0.4, 0.5) is 0 Å². The molecule has 0 bridgehead atoms. The maximum atomic E-state index is 5.39. The Balaban J connectivity index is 2.42. The van der Waals surface area contributed by atoms with Crippen molar-refractivity contribution in [2.24, 2.45) is 0 Å². The van der Waals surface area contributed by atoms with Gasteiger partial charge in [0.05, 0.1) is 15.7 Å². The van der Waals surface area contributed by atoms with Gasteiger partial charge in [-0.1, -0.05) is 31.9 Å².